The summed E-state index contributed by atoms with van der Waals surface area (Å²) in [6.07, 6.45) is 4.33. The van der Waals surface area contributed by atoms with E-state index in [4.69, 9.17) is 5.10 Å². The van der Waals surface area contributed by atoms with Gasteiger partial charge in [0.1, 0.15) is 17.4 Å². The van der Waals surface area contributed by atoms with E-state index >= 15 is 0 Å². The van der Waals surface area contributed by atoms with Gasteiger partial charge in [0, 0.05) is 40.6 Å². The lowest BCUT2D eigenvalue weighted by atomic mass is 9.92. The van der Waals surface area contributed by atoms with Crippen molar-refractivity contribution < 1.29 is 14.3 Å². The summed E-state index contributed by atoms with van der Waals surface area (Å²) >= 11 is 1.52. The molecule has 1 aliphatic rings. The van der Waals surface area contributed by atoms with Gasteiger partial charge in [-0.15, -0.1) is 10.2 Å². The number of carbonyl (C=O) groups is 1. The van der Waals surface area contributed by atoms with Crippen LogP contribution in [0.3, 0.4) is 0 Å². The molecule has 1 fully saturated rings. The number of pyridine rings is 1. The molecular weight excluding hydrogens is 652 g/mol. The van der Waals surface area contributed by atoms with Crippen molar-refractivity contribution in [2.24, 2.45) is 0 Å². The number of benzene rings is 3. The predicted molar refractivity (Wildman–Crippen MR) is 193 cm³/mol. The Balaban J connectivity index is 1.08. The van der Waals surface area contributed by atoms with Crippen molar-refractivity contribution in [2.45, 2.75) is 61.9 Å². The van der Waals surface area contributed by atoms with Crippen molar-refractivity contribution in [3.05, 3.63) is 114 Å². The van der Waals surface area contributed by atoms with Crippen molar-refractivity contribution in [3.63, 3.8) is 0 Å². The minimum Gasteiger partial charge on any atom is -0.507 e. The molecule has 4 heterocycles. The van der Waals surface area contributed by atoms with Gasteiger partial charge in [-0.3, -0.25) is 14.6 Å². The van der Waals surface area contributed by atoms with Crippen LogP contribution in [-0.2, 0) is 18.5 Å². The number of aromatic hydroxyl groups is 1. The Kier molecular flexibility index (Phi) is 9.30. The van der Waals surface area contributed by atoms with Gasteiger partial charge in [-0.25, -0.2) is 13.9 Å². The largest absolute Gasteiger partial charge is 0.507 e. The molecule has 256 valence electrons. The second kappa shape index (κ2) is 14.0. The number of hydrogen-bond acceptors (Lipinski definition) is 7. The first-order valence-corrected chi connectivity index (χ1v) is 17.5. The quantitative estimate of drug-likeness (QED) is 0.142. The van der Waals surface area contributed by atoms with Crippen LogP contribution in [0.5, 0.6) is 5.75 Å². The molecule has 3 aromatic heterocycles. The van der Waals surface area contributed by atoms with Gasteiger partial charge in [0.2, 0.25) is 0 Å². The number of nitrogens with one attached hydrogen (secondary N) is 2. The fourth-order valence-corrected chi connectivity index (χ4v) is 7.00. The third-order valence-corrected chi connectivity index (χ3v) is 9.79. The van der Waals surface area contributed by atoms with Crippen molar-refractivity contribution >= 4 is 29.3 Å². The number of fused-ring (bicyclic) bond motifs is 1. The maximum atomic E-state index is 14.0. The van der Waals surface area contributed by atoms with Gasteiger partial charge >= 0.3 is 6.03 Å². The molecule has 0 unspecified atom stereocenters. The minimum atomic E-state index is -0.480. The van der Waals surface area contributed by atoms with E-state index in [1.165, 1.54) is 48.4 Å². The zero-order chi connectivity index (χ0) is 34.8. The van der Waals surface area contributed by atoms with Crippen molar-refractivity contribution in [3.8, 4) is 22.8 Å². The molecule has 0 saturated carbocycles. The molecule has 12 heteroatoms. The number of anilines is 1. The molecular formula is C38H39FN8O2S. The summed E-state index contributed by atoms with van der Waals surface area (Å²) in [6, 6.07) is 25.3. The number of phenols is 1. The van der Waals surface area contributed by atoms with Gasteiger partial charge in [0.25, 0.3) is 0 Å². The average Bonchev–Trinajstić information content (AvgIpc) is 3.86. The highest BCUT2D eigenvalue weighted by molar-refractivity contribution is 7.99. The maximum Gasteiger partial charge on any atom is 0.320 e. The molecule has 6 aromatic rings. The monoisotopic (exact) mass is 690 g/mol. The van der Waals surface area contributed by atoms with E-state index < -0.39 is 5.82 Å². The highest BCUT2D eigenvalue weighted by Crippen LogP contribution is 2.34. The summed E-state index contributed by atoms with van der Waals surface area (Å²) in [5.41, 5.74) is 4.52. The summed E-state index contributed by atoms with van der Waals surface area (Å²) in [5, 5.41) is 29.8. The summed E-state index contributed by atoms with van der Waals surface area (Å²) in [5.74, 6) is 0.359. The molecule has 10 nitrogen and oxygen atoms in total. The number of hydrogen-bond donors (Lipinski definition) is 3. The number of rotatable bonds is 9. The third kappa shape index (κ3) is 7.36. The lowest BCUT2D eigenvalue weighted by Gasteiger charge is -2.16. The van der Waals surface area contributed by atoms with E-state index in [1.54, 1.807) is 4.40 Å². The molecule has 3 aromatic carbocycles. The van der Waals surface area contributed by atoms with Crippen LogP contribution in [0, 0.1) is 5.82 Å². The standard InChI is InChI=1S/C38H39FN8O2S/c1-38(2,3)33-21-35(47(44-33)28-11-8-9-25(19-28)23-45-17-6-7-18-45)41-37(49)40-22-26-10-4-5-12-32(26)50-29-14-16-34-42-43-36(46(34)24-29)30-20-27(39)13-15-31(30)48/h4-5,8-16,19-21,24,48H,6-7,17-18,22-23H2,1-3H3,(H2,40,41,49). The molecule has 0 spiro atoms. The molecule has 0 radical (unpaired) electrons. The lowest BCUT2D eigenvalue weighted by Crippen LogP contribution is -2.29. The van der Waals surface area contributed by atoms with Crippen LogP contribution in [0.15, 0.2) is 101 Å². The van der Waals surface area contributed by atoms with E-state index in [1.807, 2.05) is 65.5 Å². The van der Waals surface area contributed by atoms with E-state index in [0.29, 0.717) is 17.3 Å². The summed E-state index contributed by atoms with van der Waals surface area (Å²) in [6.45, 7) is 9.74. The highest BCUT2D eigenvalue weighted by Gasteiger charge is 2.22. The number of likely N-dealkylation sites (tertiary alicyclic amines) is 1. The zero-order valence-electron chi connectivity index (χ0n) is 28.2. The molecule has 50 heavy (non-hydrogen) atoms. The van der Waals surface area contributed by atoms with Crippen LogP contribution in [-0.4, -0.2) is 53.5 Å². The number of urea groups is 1. The molecule has 1 saturated heterocycles. The molecule has 1 aliphatic heterocycles. The first-order valence-electron chi connectivity index (χ1n) is 16.7. The van der Waals surface area contributed by atoms with Crippen molar-refractivity contribution in [2.75, 3.05) is 18.4 Å². The van der Waals surface area contributed by atoms with Crippen LogP contribution in [0.4, 0.5) is 15.0 Å². The molecule has 0 atom stereocenters. The Morgan fingerprint density at radius 1 is 0.960 bits per heavy atom. The molecule has 0 bridgehead atoms. The number of aromatic nitrogens is 5. The Morgan fingerprint density at radius 3 is 2.60 bits per heavy atom. The molecule has 3 N–H and O–H groups in total. The highest BCUT2D eigenvalue weighted by atomic mass is 32.2. The first-order chi connectivity index (χ1) is 24.1. The predicted octanol–water partition coefficient (Wildman–Crippen LogP) is 7.79. The molecule has 0 aliphatic carbocycles. The van der Waals surface area contributed by atoms with E-state index in [9.17, 15) is 14.3 Å². The second-order valence-electron chi connectivity index (χ2n) is 13.5. The SMILES string of the molecule is CC(C)(C)c1cc(NC(=O)NCc2ccccc2Sc2ccc3nnc(-c4cc(F)ccc4O)n3c2)n(-c2cccc(CN3CCCC3)c2)n1. The Morgan fingerprint density at radius 2 is 1.78 bits per heavy atom. The fourth-order valence-electron chi connectivity index (χ4n) is 6.03. The number of halogens is 1. The smallest absolute Gasteiger partial charge is 0.320 e. The molecule has 7 rings (SSSR count). The van der Waals surface area contributed by atoms with Gasteiger partial charge in [0.05, 0.1) is 16.9 Å². The topological polar surface area (TPSA) is 113 Å². The van der Waals surface area contributed by atoms with Gasteiger partial charge in [-0.2, -0.15) is 5.10 Å². The minimum absolute atomic E-state index is 0.0860. The third-order valence-electron chi connectivity index (χ3n) is 8.69. The number of carbonyl (C=O) groups excluding carboxylic acids is 1. The fraction of sp³-hybridized carbons (Fsp3) is 0.263. The second-order valence-corrected chi connectivity index (χ2v) is 14.6. The van der Waals surface area contributed by atoms with Crippen molar-refractivity contribution in [1.82, 2.24) is 34.6 Å². The number of nitrogens with zero attached hydrogens (tertiary/aromatic N) is 6. The first kappa shape index (κ1) is 33.3. The van der Waals surface area contributed by atoms with Crippen LogP contribution in [0.25, 0.3) is 22.7 Å². The zero-order valence-corrected chi connectivity index (χ0v) is 29.0. The van der Waals surface area contributed by atoms with Crippen LogP contribution in [0.2, 0.25) is 0 Å². The van der Waals surface area contributed by atoms with Gasteiger partial charge in [-0.1, -0.05) is 62.9 Å². The van der Waals surface area contributed by atoms with Crippen LogP contribution in [0.1, 0.15) is 50.4 Å². The number of amides is 2. The Hall–Kier alpha value is -5.20. The average molecular weight is 691 g/mol. The summed E-state index contributed by atoms with van der Waals surface area (Å²) in [7, 11) is 0. The summed E-state index contributed by atoms with van der Waals surface area (Å²) in [4.78, 5) is 17.7. The molecule has 2 amide bonds. The lowest BCUT2D eigenvalue weighted by molar-refractivity contribution is 0.251. The van der Waals surface area contributed by atoms with E-state index in [2.05, 4.69) is 58.6 Å². The normalized spacial score (nSPS) is 13.6. The maximum absolute atomic E-state index is 14.0. The Bertz CT molecular complexity index is 2170. The van der Waals surface area contributed by atoms with E-state index in [-0.39, 0.29) is 29.3 Å². The van der Waals surface area contributed by atoms with Crippen LogP contribution < -0.4 is 10.6 Å². The van der Waals surface area contributed by atoms with E-state index in [0.717, 1.165) is 46.4 Å². The number of phenolic OH excluding ortho intramolecular Hbond substituents is 1. The van der Waals surface area contributed by atoms with Gasteiger partial charge in [0.15, 0.2) is 11.5 Å². The summed E-state index contributed by atoms with van der Waals surface area (Å²) < 4.78 is 17.6. The van der Waals surface area contributed by atoms with Crippen LogP contribution >= 0.6 is 11.8 Å². The van der Waals surface area contributed by atoms with Crippen molar-refractivity contribution in [1.29, 1.82) is 0 Å². The van der Waals surface area contributed by atoms with Gasteiger partial charge < -0.3 is 10.4 Å². The van der Waals surface area contributed by atoms with Gasteiger partial charge in [-0.05, 0) is 85.6 Å². The Labute approximate surface area is 294 Å².